The minimum Gasteiger partial charge on any atom is -0.496 e. The van der Waals surface area contributed by atoms with E-state index in [2.05, 4.69) is 36.2 Å². The third-order valence-electron chi connectivity index (χ3n) is 3.95. The van der Waals surface area contributed by atoms with Crippen LogP contribution in [0.5, 0.6) is 5.75 Å². The lowest BCUT2D eigenvalue weighted by Crippen LogP contribution is -1.96. The predicted octanol–water partition coefficient (Wildman–Crippen LogP) is 3.67. The van der Waals surface area contributed by atoms with E-state index in [4.69, 9.17) is 10.5 Å². The van der Waals surface area contributed by atoms with Crippen LogP contribution in [-0.2, 0) is 0 Å². The second kappa shape index (κ2) is 4.85. The van der Waals surface area contributed by atoms with E-state index < -0.39 is 0 Å². The fourth-order valence-corrected chi connectivity index (χ4v) is 2.68. The molecule has 2 aromatic rings. The van der Waals surface area contributed by atoms with Crippen molar-refractivity contribution >= 4 is 5.82 Å². The van der Waals surface area contributed by atoms with Gasteiger partial charge >= 0.3 is 0 Å². The van der Waals surface area contributed by atoms with E-state index in [0.717, 1.165) is 16.9 Å². The molecule has 1 saturated carbocycles. The number of nitrogens with one attached hydrogen (secondary N) is 1. The number of anilines is 1. The van der Waals surface area contributed by atoms with Gasteiger partial charge < -0.3 is 10.5 Å². The Morgan fingerprint density at radius 3 is 2.70 bits per heavy atom. The van der Waals surface area contributed by atoms with E-state index in [1.54, 1.807) is 7.11 Å². The second-order valence-electron chi connectivity index (χ2n) is 5.78. The van der Waals surface area contributed by atoms with Crippen LogP contribution in [0.3, 0.4) is 0 Å². The molecular weight excluding hydrogens is 250 g/mol. The zero-order valence-corrected chi connectivity index (χ0v) is 12.2. The first kappa shape index (κ1) is 13.0. The maximum Gasteiger partial charge on any atom is 0.153 e. The molecule has 3 rings (SSSR count). The quantitative estimate of drug-likeness (QED) is 0.891. The first-order valence-corrected chi connectivity index (χ1v) is 7.13. The molecule has 3 N–H and O–H groups in total. The van der Waals surface area contributed by atoms with Gasteiger partial charge in [0.2, 0.25) is 0 Å². The highest BCUT2D eigenvalue weighted by Crippen LogP contribution is 2.45. The van der Waals surface area contributed by atoms with Gasteiger partial charge in [-0.25, -0.2) is 0 Å². The number of methoxy groups -OCH3 is 1. The molecule has 0 radical (unpaired) electrons. The standard InChI is InChI=1S/C16H21N3O/c1-9(2)12-8-11(6-7-13(12)20-3)14-15(10-4-5-10)18-19-16(14)17/h6-10H,4-5H2,1-3H3,(H3,17,18,19). The smallest absolute Gasteiger partial charge is 0.153 e. The van der Waals surface area contributed by atoms with Crippen molar-refractivity contribution < 1.29 is 4.74 Å². The number of nitrogens with zero attached hydrogens (tertiary/aromatic N) is 1. The normalized spacial score (nSPS) is 14.8. The number of nitrogens with two attached hydrogens (primary N) is 1. The molecular formula is C16H21N3O. The van der Waals surface area contributed by atoms with E-state index >= 15 is 0 Å². The summed E-state index contributed by atoms with van der Waals surface area (Å²) < 4.78 is 5.44. The van der Waals surface area contributed by atoms with Crippen LogP contribution in [0.4, 0.5) is 5.82 Å². The predicted molar refractivity (Wildman–Crippen MR) is 81.1 cm³/mol. The third-order valence-corrected chi connectivity index (χ3v) is 3.95. The average molecular weight is 271 g/mol. The monoisotopic (exact) mass is 271 g/mol. The highest BCUT2D eigenvalue weighted by molar-refractivity contribution is 5.78. The maximum absolute atomic E-state index is 6.06. The number of hydrogen-bond acceptors (Lipinski definition) is 3. The molecule has 0 unspecified atom stereocenters. The van der Waals surface area contributed by atoms with Gasteiger partial charge in [-0.2, -0.15) is 5.10 Å². The van der Waals surface area contributed by atoms with Gasteiger partial charge in [-0.05, 0) is 42.0 Å². The number of benzene rings is 1. The van der Waals surface area contributed by atoms with E-state index in [0.29, 0.717) is 17.7 Å². The van der Waals surface area contributed by atoms with Crippen LogP contribution in [0.25, 0.3) is 11.1 Å². The molecule has 1 aliphatic carbocycles. The molecule has 20 heavy (non-hydrogen) atoms. The van der Waals surface area contributed by atoms with E-state index in [1.165, 1.54) is 24.1 Å². The number of nitrogen functional groups attached to an aromatic ring is 1. The van der Waals surface area contributed by atoms with Crippen molar-refractivity contribution in [3.05, 3.63) is 29.5 Å². The van der Waals surface area contributed by atoms with Gasteiger partial charge in [-0.1, -0.05) is 19.9 Å². The first-order valence-electron chi connectivity index (χ1n) is 7.13. The van der Waals surface area contributed by atoms with Crippen LogP contribution in [-0.4, -0.2) is 17.3 Å². The summed E-state index contributed by atoms with van der Waals surface area (Å²) in [5.41, 5.74) is 10.6. The Hall–Kier alpha value is -1.97. The number of hydrogen-bond donors (Lipinski definition) is 2. The number of H-pyrrole nitrogens is 1. The van der Waals surface area contributed by atoms with Gasteiger partial charge in [0.1, 0.15) is 5.75 Å². The van der Waals surface area contributed by atoms with Crippen LogP contribution in [0.1, 0.15) is 49.8 Å². The largest absolute Gasteiger partial charge is 0.496 e. The van der Waals surface area contributed by atoms with Crippen LogP contribution >= 0.6 is 0 Å². The molecule has 0 aliphatic heterocycles. The fraction of sp³-hybridized carbons (Fsp3) is 0.438. The Bertz CT molecular complexity index is 627. The lowest BCUT2D eigenvalue weighted by molar-refractivity contribution is 0.407. The maximum atomic E-state index is 6.06. The van der Waals surface area contributed by atoms with Crippen molar-refractivity contribution in [2.45, 2.75) is 38.5 Å². The fourth-order valence-electron chi connectivity index (χ4n) is 2.68. The van der Waals surface area contributed by atoms with E-state index in [-0.39, 0.29) is 0 Å². The zero-order chi connectivity index (χ0) is 14.3. The SMILES string of the molecule is COc1ccc(-c2c(N)n[nH]c2C2CC2)cc1C(C)C. The van der Waals surface area contributed by atoms with Crippen molar-refractivity contribution in [3.63, 3.8) is 0 Å². The molecule has 4 nitrogen and oxygen atoms in total. The molecule has 4 heteroatoms. The summed E-state index contributed by atoms with van der Waals surface area (Å²) in [6.45, 7) is 4.34. The molecule has 1 aromatic heterocycles. The van der Waals surface area contributed by atoms with Crippen molar-refractivity contribution in [3.8, 4) is 16.9 Å². The number of rotatable bonds is 4. The van der Waals surface area contributed by atoms with Gasteiger partial charge in [0, 0.05) is 17.2 Å². The van der Waals surface area contributed by atoms with Crippen molar-refractivity contribution in [2.24, 2.45) is 0 Å². The lowest BCUT2D eigenvalue weighted by atomic mass is 9.95. The molecule has 0 spiro atoms. The van der Waals surface area contributed by atoms with Crippen molar-refractivity contribution in [1.29, 1.82) is 0 Å². The number of ether oxygens (including phenoxy) is 1. The Labute approximate surface area is 119 Å². The molecule has 1 fully saturated rings. The Morgan fingerprint density at radius 2 is 2.10 bits per heavy atom. The zero-order valence-electron chi connectivity index (χ0n) is 12.2. The molecule has 1 aliphatic rings. The van der Waals surface area contributed by atoms with Gasteiger partial charge in [0.05, 0.1) is 7.11 Å². The average Bonchev–Trinajstić information content (AvgIpc) is 3.21. The highest BCUT2D eigenvalue weighted by Gasteiger charge is 2.30. The van der Waals surface area contributed by atoms with Gasteiger partial charge in [0.25, 0.3) is 0 Å². The van der Waals surface area contributed by atoms with E-state index in [9.17, 15) is 0 Å². The van der Waals surface area contributed by atoms with Crippen LogP contribution in [0.15, 0.2) is 18.2 Å². The molecule has 0 atom stereocenters. The summed E-state index contributed by atoms with van der Waals surface area (Å²) in [5, 5.41) is 7.30. The molecule has 1 aromatic carbocycles. The summed E-state index contributed by atoms with van der Waals surface area (Å²) in [5.74, 6) is 2.52. The number of aromatic amines is 1. The van der Waals surface area contributed by atoms with Crippen LogP contribution in [0, 0.1) is 0 Å². The van der Waals surface area contributed by atoms with E-state index in [1.807, 2.05) is 6.07 Å². The topological polar surface area (TPSA) is 63.9 Å². The first-order chi connectivity index (χ1) is 9.61. The Kier molecular flexibility index (Phi) is 3.16. The molecule has 0 bridgehead atoms. The van der Waals surface area contributed by atoms with Crippen molar-refractivity contribution in [2.75, 3.05) is 12.8 Å². The third kappa shape index (κ3) is 2.15. The Balaban J connectivity index is 2.10. The molecule has 0 amide bonds. The molecule has 106 valence electrons. The lowest BCUT2D eigenvalue weighted by Gasteiger charge is -2.14. The summed E-state index contributed by atoms with van der Waals surface area (Å²) >= 11 is 0. The summed E-state index contributed by atoms with van der Waals surface area (Å²) in [7, 11) is 1.71. The molecule has 1 heterocycles. The summed E-state index contributed by atoms with van der Waals surface area (Å²) in [6.07, 6.45) is 2.45. The van der Waals surface area contributed by atoms with Crippen LogP contribution < -0.4 is 10.5 Å². The summed E-state index contributed by atoms with van der Waals surface area (Å²) in [4.78, 5) is 0. The van der Waals surface area contributed by atoms with Gasteiger partial charge in [0.15, 0.2) is 5.82 Å². The van der Waals surface area contributed by atoms with Gasteiger partial charge in [-0.3, -0.25) is 5.10 Å². The minimum absolute atomic E-state index is 0.405. The second-order valence-corrected chi connectivity index (χ2v) is 5.78. The van der Waals surface area contributed by atoms with Crippen LogP contribution in [0.2, 0.25) is 0 Å². The van der Waals surface area contributed by atoms with Gasteiger partial charge in [-0.15, -0.1) is 0 Å². The Morgan fingerprint density at radius 1 is 1.35 bits per heavy atom. The highest BCUT2D eigenvalue weighted by atomic mass is 16.5. The van der Waals surface area contributed by atoms with Crippen molar-refractivity contribution in [1.82, 2.24) is 10.2 Å². The summed E-state index contributed by atoms with van der Waals surface area (Å²) in [6, 6.07) is 6.27. The minimum atomic E-state index is 0.405. The molecule has 0 saturated heterocycles. The number of aromatic nitrogens is 2.